The third-order valence-electron chi connectivity index (χ3n) is 4.53. The number of carbonyl (C=O) groups is 2. The molecular formula is C25H19BrClN3O3. The average molecular weight is 525 g/mol. The van der Waals surface area contributed by atoms with Gasteiger partial charge in [-0.2, -0.15) is 5.26 Å². The zero-order valence-electron chi connectivity index (χ0n) is 17.6. The fraction of sp³-hybridized carbons (Fsp3) is 0.0800. The number of amides is 2. The number of halogens is 2. The molecule has 2 amide bonds. The van der Waals surface area contributed by atoms with Gasteiger partial charge in [0, 0.05) is 5.69 Å². The summed E-state index contributed by atoms with van der Waals surface area (Å²) in [5.41, 5.74) is 2.61. The third-order valence-corrected chi connectivity index (χ3v) is 5.48. The number of benzene rings is 3. The van der Waals surface area contributed by atoms with Crippen LogP contribution in [0.5, 0.6) is 5.75 Å². The monoisotopic (exact) mass is 523 g/mol. The van der Waals surface area contributed by atoms with E-state index in [0.717, 1.165) is 11.3 Å². The van der Waals surface area contributed by atoms with Crippen LogP contribution in [0.15, 0.2) is 76.8 Å². The van der Waals surface area contributed by atoms with Gasteiger partial charge in [0.2, 0.25) is 0 Å². The minimum Gasteiger partial charge on any atom is -0.483 e. The average Bonchev–Trinajstić information content (AvgIpc) is 2.80. The highest BCUT2D eigenvalue weighted by atomic mass is 79.9. The van der Waals surface area contributed by atoms with Gasteiger partial charge in [0.15, 0.2) is 6.61 Å². The van der Waals surface area contributed by atoms with Gasteiger partial charge in [-0.15, -0.1) is 0 Å². The molecule has 0 aromatic heterocycles. The fourth-order valence-corrected chi connectivity index (χ4v) is 3.53. The molecule has 0 bridgehead atoms. The van der Waals surface area contributed by atoms with Crippen molar-refractivity contribution in [2.75, 3.05) is 17.2 Å². The Morgan fingerprint density at radius 2 is 1.76 bits per heavy atom. The summed E-state index contributed by atoms with van der Waals surface area (Å²) in [5, 5.41) is 15.2. The normalized spacial score (nSPS) is 10.8. The summed E-state index contributed by atoms with van der Waals surface area (Å²) in [6.45, 7) is 1.73. The molecule has 3 aromatic rings. The lowest BCUT2D eigenvalue weighted by Gasteiger charge is -2.11. The zero-order chi connectivity index (χ0) is 23.8. The number of anilines is 2. The highest BCUT2D eigenvalue weighted by Gasteiger charge is 2.12. The zero-order valence-corrected chi connectivity index (χ0v) is 19.9. The predicted molar refractivity (Wildman–Crippen MR) is 133 cm³/mol. The van der Waals surface area contributed by atoms with Crippen molar-refractivity contribution in [3.63, 3.8) is 0 Å². The van der Waals surface area contributed by atoms with Crippen LogP contribution >= 0.6 is 27.5 Å². The van der Waals surface area contributed by atoms with Gasteiger partial charge in [-0.25, -0.2) is 0 Å². The number of nitriles is 1. The number of rotatable bonds is 7. The lowest BCUT2D eigenvalue weighted by molar-refractivity contribution is -0.118. The first-order valence-electron chi connectivity index (χ1n) is 9.83. The van der Waals surface area contributed by atoms with Crippen LogP contribution in [0.2, 0.25) is 5.02 Å². The molecule has 0 aliphatic heterocycles. The molecule has 166 valence electrons. The molecule has 0 saturated heterocycles. The van der Waals surface area contributed by atoms with Crippen LogP contribution < -0.4 is 15.4 Å². The predicted octanol–water partition coefficient (Wildman–Crippen LogP) is 5.97. The largest absolute Gasteiger partial charge is 0.483 e. The topological polar surface area (TPSA) is 91.2 Å². The van der Waals surface area contributed by atoms with Crippen molar-refractivity contribution in [2.45, 2.75) is 6.92 Å². The summed E-state index contributed by atoms with van der Waals surface area (Å²) in [7, 11) is 0. The molecule has 0 fully saturated rings. The van der Waals surface area contributed by atoms with Crippen molar-refractivity contribution in [1.82, 2.24) is 0 Å². The highest BCUT2D eigenvalue weighted by Crippen LogP contribution is 2.27. The van der Waals surface area contributed by atoms with E-state index in [4.69, 9.17) is 16.3 Å². The van der Waals surface area contributed by atoms with Crippen LogP contribution in [-0.2, 0) is 9.59 Å². The summed E-state index contributed by atoms with van der Waals surface area (Å²) in [5.74, 6) is -0.413. The van der Waals surface area contributed by atoms with Gasteiger partial charge in [-0.05, 0) is 70.4 Å². The number of nitrogens with zero attached hydrogens (tertiary/aromatic N) is 1. The maximum absolute atomic E-state index is 12.5. The van der Waals surface area contributed by atoms with Crippen LogP contribution in [-0.4, -0.2) is 18.4 Å². The van der Waals surface area contributed by atoms with Gasteiger partial charge in [-0.1, -0.05) is 48.0 Å². The quantitative estimate of drug-likeness (QED) is 0.294. The molecule has 3 aromatic carbocycles. The third kappa shape index (κ3) is 6.69. The summed E-state index contributed by atoms with van der Waals surface area (Å²) in [6, 6.07) is 21.1. The maximum Gasteiger partial charge on any atom is 0.266 e. The number of ether oxygens (including phenoxy) is 1. The van der Waals surface area contributed by atoms with Gasteiger partial charge in [-0.3, -0.25) is 9.59 Å². The van der Waals surface area contributed by atoms with E-state index >= 15 is 0 Å². The molecule has 6 nitrogen and oxygen atoms in total. The molecule has 3 rings (SSSR count). The number of para-hydroxylation sites is 2. The van der Waals surface area contributed by atoms with Gasteiger partial charge < -0.3 is 15.4 Å². The number of nitrogens with one attached hydrogen (secondary N) is 2. The van der Waals surface area contributed by atoms with Crippen LogP contribution in [0.3, 0.4) is 0 Å². The number of aryl methyl sites for hydroxylation is 1. The molecule has 0 aliphatic rings. The summed E-state index contributed by atoms with van der Waals surface area (Å²) < 4.78 is 6.17. The first kappa shape index (κ1) is 24.1. The van der Waals surface area contributed by atoms with E-state index < -0.39 is 5.91 Å². The van der Waals surface area contributed by atoms with Crippen molar-refractivity contribution >= 4 is 56.8 Å². The second kappa shape index (κ2) is 11.3. The molecule has 8 heteroatoms. The Balaban J connectivity index is 1.65. The van der Waals surface area contributed by atoms with Gasteiger partial charge >= 0.3 is 0 Å². The van der Waals surface area contributed by atoms with E-state index in [1.165, 1.54) is 6.08 Å². The van der Waals surface area contributed by atoms with E-state index in [2.05, 4.69) is 26.6 Å². The highest BCUT2D eigenvalue weighted by molar-refractivity contribution is 9.10. The second-order valence-electron chi connectivity index (χ2n) is 6.95. The van der Waals surface area contributed by atoms with E-state index in [1.807, 2.05) is 37.3 Å². The molecule has 0 heterocycles. The minimum absolute atomic E-state index is 0.0897. The Bertz CT molecular complexity index is 1270. The number of hydrogen-bond donors (Lipinski definition) is 2. The maximum atomic E-state index is 12.5. The Labute approximate surface area is 205 Å². The Kier molecular flexibility index (Phi) is 8.25. The van der Waals surface area contributed by atoms with Crippen molar-refractivity contribution in [3.8, 4) is 11.8 Å². The molecule has 0 saturated carbocycles. The smallest absolute Gasteiger partial charge is 0.266 e. The molecule has 0 spiro atoms. The van der Waals surface area contributed by atoms with Gasteiger partial charge in [0.25, 0.3) is 11.8 Å². The molecular weight excluding hydrogens is 506 g/mol. The van der Waals surface area contributed by atoms with E-state index in [1.54, 1.807) is 42.5 Å². The Morgan fingerprint density at radius 1 is 1.06 bits per heavy atom. The van der Waals surface area contributed by atoms with Crippen molar-refractivity contribution in [3.05, 3.63) is 92.9 Å². The molecule has 0 aliphatic carbocycles. The second-order valence-corrected chi connectivity index (χ2v) is 8.21. The number of hydrogen-bond acceptors (Lipinski definition) is 4. The Morgan fingerprint density at radius 3 is 2.42 bits per heavy atom. The van der Waals surface area contributed by atoms with Crippen molar-refractivity contribution in [1.29, 1.82) is 5.26 Å². The fourth-order valence-electron chi connectivity index (χ4n) is 2.83. The lowest BCUT2D eigenvalue weighted by atomic mass is 10.1. The van der Waals surface area contributed by atoms with E-state index in [-0.39, 0.29) is 18.1 Å². The minimum atomic E-state index is -0.574. The van der Waals surface area contributed by atoms with Crippen LogP contribution in [0, 0.1) is 18.3 Å². The molecule has 0 atom stereocenters. The SMILES string of the molecule is Cc1ccccc1NC(=O)COc1ccc(/C=C(\C#N)C(=O)Nc2ccccc2Cl)cc1Br. The summed E-state index contributed by atoms with van der Waals surface area (Å²) >= 11 is 9.45. The van der Waals surface area contributed by atoms with Crippen molar-refractivity contribution < 1.29 is 14.3 Å². The summed E-state index contributed by atoms with van der Waals surface area (Å²) in [4.78, 5) is 24.7. The molecule has 33 heavy (non-hydrogen) atoms. The summed E-state index contributed by atoms with van der Waals surface area (Å²) in [6.07, 6.45) is 1.45. The first-order chi connectivity index (χ1) is 15.9. The van der Waals surface area contributed by atoms with E-state index in [0.29, 0.717) is 26.5 Å². The number of carbonyl (C=O) groups excluding carboxylic acids is 2. The molecule has 0 radical (unpaired) electrons. The van der Waals surface area contributed by atoms with Crippen LogP contribution in [0.25, 0.3) is 6.08 Å². The lowest BCUT2D eigenvalue weighted by Crippen LogP contribution is -2.20. The Hall–Kier alpha value is -3.60. The molecule has 0 unspecified atom stereocenters. The van der Waals surface area contributed by atoms with Crippen LogP contribution in [0.4, 0.5) is 11.4 Å². The van der Waals surface area contributed by atoms with Gasteiger partial charge in [0.1, 0.15) is 17.4 Å². The molecule has 2 N–H and O–H groups in total. The first-order valence-corrected chi connectivity index (χ1v) is 11.0. The standard InChI is InChI=1S/C25H19BrClN3O3/c1-16-6-2-4-8-21(16)29-24(31)15-33-23-11-10-17(13-19(23)26)12-18(14-28)25(32)30-22-9-5-3-7-20(22)27/h2-13H,15H2,1H3,(H,29,31)(H,30,32)/b18-12+. The van der Waals surface area contributed by atoms with Gasteiger partial charge in [0.05, 0.1) is 15.2 Å². The van der Waals surface area contributed by atoms with E-state index in [9.17, 15) is 14.9 Å². The van der Waals surface area contributed by atoms with Crippen molar-refractivity contribution in [2.24, 2.45) is 0 Å². The van der Waals surface area contributed by atoms with Crippen LogP contribution in [0.1, 0.15) is 11.1 Å².